The highest BCUT2D eigenvalue weighted by atomic mass is 32.2. The van der Waals surface area contributed by atoms with E-state index in [9.17, 15) is 4.79 Å². The molecule has 0 bridgehead atoms. The fourth-order valence-corrected chi connectivity index (χ4v) is 5.44. The Balaban J connectivity index is 1.62. The predicted octanol–water partition coefficient (Wildman–Crippen LogP) is 7.89. The second-order valence-electron chi connectivity index (χ2n) is 8.65. The monoisotopic (exact) mass is 489 g/mol. The molecule has 3 nitrogen and oxygen atoms in total. The lowest BCUT2D eigenvalue weighted by Crippen LogP contribution is -2.19. The standard InChI is InChI=1S/C32H27NO2S/c1-23-13-17-25(18-14-23)30(34)22-31-33(27-11-7-4-8-12-27)29(21-24-15-19-28(35-2)20-16-24)32(36-31)26-9-5-3-6-10-26/h3-20,22H,21H2,1-2H3/b31-22-. The molecule has 1 heterocycles. The van der Waals surface area contributed by atoms with Crippen molar-refractivity contribution in [1.29, 1.82) is 0 Å². The molecule has 0 atom stereocenters. The zero-order chi connectivity index (χ0) is 24.9. The van der Waals surface area contributed by atoms with Crippen molar-refractivity contribution in [3.8, 4) is 5.75 Å². The lowest BCUT2D eigenvalue weighted by Gasteiger charge is -2.24. The highest BCUT2D eigenvalue weighted by Crippen LogP contribution is 2.49. The van der Waals surface area contributed by atoms with Crippen LogP contribution in [0.2, 0.25) is 0 Å². The van der Waals surface area contributed by atoms with Crippen molar-refractivity contribution in [3.05, 3.63) is 148 Å². The van der Waals surface area contributed by atoms with Gasteiger partial charge < -0.3 is 9.64 Å². The van der Waals surface area contributed by atoms with Gasteiger partial charge in [0.15, 0.2) is 5.78 Å². The Morgan fingerprint density at radius 1 is 0.833 bits per heavy atom. The van der Waals surface area contributed by atoms with Gasteiger partial charge in [0, 0.05) is 34.3 Å². The number of ether oxygens (including phenoxy) is 1. The van der Waals surface area contributed by atoms with Crippen LogP contribution < -0.4 is 9.64 Å². The van der Waals surface area contributed by atoms with Crippen molar-refractivity contribution in [2.24, 2.45) is 0 Å². The van der Waals surface area contributed by atoms with Crippen LogP contribution in [0, 0.1) is 6.92 Å². The third kappa shape index (κ3) is 5.14. The largest absolute Gasteiger partial charge is 0.497 e. The molecule has 4 heteroatoms. The molecular formula is C32H27NO2S. The number of allylic oxidation sites excluding steroid dienone is 2. The van der Waals surface area contributed by atoms with Crippen LogP contribution in [0.5, 0.6) is 5.75 Å². The number of benzene rings is 4. The molecule has 0 aromatic heterocycles. The number of anilines is 1. The first kappa shape index (κ1) is 23.7. The number of ketones is 1. The number of hydrogen-bond acceptors (Lipinski definition) is 4. The summed E-state index contributed by atoms with van der Waals surface area (Å²) in [7, 11) is 1.68. The molecule has 0 fully saturated rings. The number of hydrogen-bond donors (Lipinski definition) is 0. The van der Waals surface area contributed by atoms with Crippen LogP contribution in [0.25, 0.3) is 4.91 Å². The van der Waals surface area contributed by atoms with E-state index in [0.717, 1.165) is 38.2 Å². The Labute approximate surface area is 216 Å². The number of nitrogens with zero attached hydrogens (tertiary/aromatic N) is 1. The minimum absolute atomic E-state index is 0.00320. The summed E-state index contributed by atoms with van der Waals surface area (Å²) in [5, 5.41) is 0.897. The minimum Gasteiger partial charge on any atom is -0.497 e. The summed E-state index contributed by atoms with van der Waals surface area (Å²) < 4.78 is 5.36. The van der Waals surface area contributed by atoms with Gasteiger partial charge in [-0.1, -0.05) is 102 Å². The topological polar surface area (TPSA) is 29.5 Å². The van der Waals surface area contributed by atoms with Crippen LogP contribution in [0.3, 0.4) is 0 Å². The number of carbonyl (C=O) groups is 1. The van der Waals surface area contributed by atoms with E-state index in [2.05, 4.69) is 53.4 Å². The first-order valence-electron chi connectivity index (χ1n) is 11.9. The van der Waals surface area contributed by atoms with E-state index in [-0.39, 0.29) is 5.78 Å². The van der Waals surface area contributed by atoms with E-state index in [1.165, 1.54) is 5.56 Å². The molecule has 0 N–H and O–H groups in total. The second-order valence-corrected chi connectivity index (χ2v) is 9.68. The van der Waals surface area contributed by atoms with Crippen LogP contribution in [0.1, 0.15) is 27.0 Å². The Morgan fingerprint density at radius 3 is 2.11 bits per heavy atom. The molecule has 0 amide bonds. The number of aryl methyl sites for hydroxylation is 1. The molecule has 178 valence electrons. The van der Waals surface area contributed by atoms with Gasteiger partial charge in [0.2, 0.25) is 0 Å². The average molecular weight is 490 g/mol. The highest BCUT2D eigenvalue weighted by Gasteiger charge is 2.31. The molecular weight excluding hydrogens is 462 g/mol. The lowest BCUT2D eigenvalue weighted by atomic mass is 10.0. The maximum atomic E-state index is 13.3. The first-order chi connectivity index (χ1) is 17.6. The molecule has 0 aliphatic carbocycles. The van der Waals surface area contributed by atoms with Crippen molar-refractivity contribution in [2.75, 3.05) is 12.0 Å². The summed E-state index contributed by atoms with van der Waals surface area (Å²) >= 11 is 1.65. The number of methoxy groups -OCH3 is 1. The van der Waals surface area contributed by atoms with E-state index in [4.69, 9.17) is 4.74 Å². The van der Waals surface area contributed by atoms with Gasteiger partial charge in [0.05, 0.1) is 12.1 Å². The second kappa shape index (κ2) is 10.7. The normalized spacial score (nSPS) is 14.4. The Hall–Kier alpha value is -4.02. The highest BCUT2D eigenvalue weighted by molar-refractivity contribution is 8.12. The van der Waals surface area contributed by atoms with Crippen molar-refractivity contribution in [2.45, 2.75) is 13.3 Å². The molecule has 4 aromatic rings. The van der Waals surface area contributed by atoms with Gasteiger partial charge in [0.1, 0.15) is 5.75 Å². The zero-order valence-corrected chi connectivity index (χ0v) is 21.2. The van der Waals surface area contributed by atoms with Crippen LogP contribution in [-0.4, -0.2) is 12.9 Å². The molecule has 0 saturated heterocycles. The average Bonchev–Trinajstić information content (AvgIpc) is 3.27. The fourth-order valence-electron chi connectivity index (χ4n) is 4.22. The van der Waals surface area contributed by atoms with E-state index in [0.29, 0.717) is 12.0 Å². The molecule has 0 spiro atoms. The lowest BCUT2D eigenvalue weighted by molar-refractivity contribution is 0.104. The minimum atomic E-state index is -0.00320. The van der Waals surface area contributed by atoms with Crippen LogP contribution >= 0.6 is 11.8 Å². The van der Waals surface area contributed by atoms with Crippen molar-refractivity contribution in [3.63, 3.8) is 0 Å². The molecule has 1 aliphatic rings. The Bertz CT molecular complexity index is 1410. The zero-order valence-electron chi connectivity index (χ0n) is 20.3. The molecule has 5 rings (SSSR count). The summed E-state index contributed by atoms with van der Waals surface area (Å²) in [5.41, 5.74) is 6.31. The molecule has 0 unspecified atom stereocenters. The summed E-state index contributed by atoms with van der Waals surface area (Å²) in [5.74, 6) is 0.831. The third-order valence-corrected chi connectivity index (χ3v) is 7.32. The number of rotatable bonds is 7. The quantitative estimate of drug-likeness (QED) is 0.195. The molecule has 1 aliphatic heterocycles. The van der Waals surface area contributed by atoms with Gasteiger partial charge >= 0.3 is 0 Å². The van der Waals surface area contributed by atoms with Crippen LogP contribution in [-0.2, 0) is 6.42 Å². The SMILES string of the molecule is COc1ccc(CC2=C(c3ccccc3)S/C(=C\C(=O)c3ccc(C)cc3)N2c2ccccc2)cc1. The predicted molar refractivity (Wildman–Crippen MR) is 150 cm³/mol. The van der Waals surface area contributed by atoms with Gasteiger partial charge in [-0.05, 0) is 42.3 Å². The van der Waals surface area contributed by atoms with E-state index in [1.807, 2.05) is 67.6 Å². The molecule has 4 aromatic carbocycles. The van der Waals surface area contributed by atoms with E-state index in [1.54, 1.807) is 24.9 Å². The van der Waals surface area contributed by atoms with Crippen molar-refractivity contribution >= 4 is 28.1 Å². The van der Waals surface area contributed by atoms with Gasteiger partial charge in [0.25, 0.3) is 0 Å². The van der Waals surface area contributed by atoms with Crippen LogP contribution in [0.4, 0.5) is 5.69 Å². The van der Waals surface area contributed by atoms with Crippen LogP contribution in [0.15, 0.2) is 126 Å². The van der Waals surface area contributed by atoms with Gasteiger partial charge in [-0.15, -0.1) is 0 Å². The Morgan fingerprint density at radius 2 is 1.47 bits per heavy atom. The maximum absolute atomic E-state index is 13.3. The summed E-state index contributed by atoms with van der Waals surface area (Å²) in [6.45, 7) is 2.03. The number of carbonyl (C=O) groups excluding carboxylic acids is 1. The van der Waals surface area contributed by atoms with Gasteiger partial charge in [-0.2, -0.15) is 0 Å². The summed E-state index contributed by atoms with van der Waals surface area (Å²) in [6.07, 6.45) is 2.48. The van der Waals surface area contributed by atoms with Crippen molar-refractivity contribution in [1.82, 2.24) is 0 Å². The van der Waals surface area contributed by atoms with Gasteiger partial charge in [-0.3, -0.25) is 4.79 Å². The fraction of sp³-hybridized carbons (Fsp3) is 0.0938. The summed E-state index contributed by atoms with van der Waals surface area (Å²) in [4.78, 5) is 16.7. The molecule has 0 radical (unpaired) electrons. The van der Waals surface area contributed by atoms with E-state index >= 15 is 0 Å². The van der Waals surface area contributed by atoms with Gasteiger partial charge in [-0.25, -0.2) is 0 Å². The smallest absolute Gasteiger partial charge is 0.188 e. The summed E-state index contributed by atoms with van der Waals surface area (Å²) in [6, 6.07) is 36.6. The maximum Gasteiger partial charge on any atom is 0.188 e. The molecule has 36 heavy (non-hydrogen) atoms. The Kier molecular flexibility index (Phi) is 7.06. The third-order valence-electron chi connectivity index (χ3n) is 6.13. The van der Waals surface area contributed by atoms with E-state index < -0.39 is 0 Å². The first-order valence-corrected chi connectivity index (χ1v) is 12.7. The number of thioether (sulfide) groups is 1. The molecule has 0 saturated carbocycles. The number of para-hydroxylation sites is 1. The van der Waals surface area contributed by atoms with Crippen molar-refractivity contribution < 1.29 is 9.53 Å².